The molecule has 1 aliphatic heterocycles. The van der Waals surface area contributed by atoms with Gasteiger partial charge in [-0.15, -0.1) is 0 Å². The number of hydrogen-bond donors (Lipinski definition) is 3. The molecule has 0 atom stereocenters. The van der Waals surface area contributed by atoms with Crippen molar-refractivity contribution in [2.24, 2.45) is 5.73 Å². The Morgan fingerprint density at radius 1 is 1.24 bits per heavy atom. The summed E-state index contributed by atoms with van der Waals surface area (Å²) < 4.78 is 0. The van der Waals surface area contributed by atoms with Gasteiger partial charge in [-0.05, 0) is 30.4 Å². The van der Waals surface area contributed by atoms with E-state index in [1.165, 1.54) is 0 Å². The molecule has 7 heteroatoms. The molecule has 1 saturated heterocycles. The highest BCUT2D eigenvalue weighted by atomic mass is 16.2. The molecule has 132 valence electrons. The number of amides is 2. The van der Waals surface area contributed by atoms with Crippen molar-refractivity contribution in [1.82, 2.24) is 15.2 Å². The van der Waals surface area contributed by atoms with Crippen LogP contribution in [0.25, 0.3) is 10.9 Å². The summed E-state index contributed by atoms with van der Waals surface area (Å²) >= 11 is 0. The lowest BCUT2D eigenvalue weighted by Gasteiger charge is -2.31. The monoisotopic (exact) mass is 342 g/mol. The fourth-order valence-corrected chi connectivity index (χ4v) is 3.23. The van der Waals surface area contributed by atoms with E-state index < -0.39 is 0 Å². The van der Waals surface area contributed by atoms with Crippen LogP contribution in [-0.4, -0.2) is 47.4 Å². The van der Waals surface area contributed by atoms with Gasteiger partial charge in [0.2, 0.25) is 11.8 Å². The summed E-state index contributed by atoms with van der Waals surface area (Å²) in [6.45, 7) is 1.71. The van der Waals surface area contributed by atoms with Gasteiger partial charge in [0.1, 0.15) is 0 Å². The lowest BCUT2D eigenvalue weighted by molar-refractivity contribution is -0.122. The van der Waals surface area contributed by atoms with E-state index in [2.05, 4.69) is 10.3 Å². The first-order valence-electron chi connectivity index (χ1n) is 8.42. The molecule has 1 aromatic carbocycles. The maximum Gasteiger partial charge on any atom is 0.252 e. The number of benzene rings is 1. The third-order valence-corrected chi connectivity index (χ3v) is 4.51. The van der Waals surface area contributed by atoms with Crippen LogP contribution in [0.1, 0.15) is 18.4 Å². The number of fused-ring (bicyclic) bond motifs is 1. The third-order valence-electron chi connectivity index (χ3n) is 4.51. The van der Waals surface area contributed by atoms with Gasteiger partial charge in [0, 0.05) is 30.2 Å². The van der Waals surface area contributed by atoms with E-state index in [4.69, 9.17) is 5.73 Å². The molecular formula is C18H22N4O3. The second kappa shape index (κ2) is 7.48. The molecule has 0 bridgehead atoms. The number of primary amides is 1. The number of aromatic amines is 1. The van der Waals surface area contributed by atoms with E-state index in [1.807, 2.05) is 29.2 Å². The van der Waals surface area contributed by atoms with Crippen molar-refractivity contribution in [2.45, 2.75) is 25.3 Å². The Labute approximate surface area is 145 Å². The molecule has 0 saturated carbocycles. The fraction of sp³-hybridized carbons (Fsp3) is 0.389. The second-order valence-corrected chi connectivity index (χ2v) is 6.47. The van der Waals surface area contributed by atoms with Gasteiger partial charge >= 0.3 is 0 Å². The maximum absolute atomic E-state index is 12.3. The SMILES string of the molecule is NC(=O)CN1CCC(NC(=O)Cc2cc3ccccc3[nH]c2=O)CC1. The highest BCUT2D eigenvalue weighted by molar-refractivity contribution is 5.82. The first-order chi connectivity index (χ1) is 12.0. The van der Waals surface area contributed by atoms with Crippen LogP contribution in [0.2, 0.25) is 0 Å². The minimum absolute atomic E-state index is 0.0572. The van der Waals surface area contributed by atoms with Crippen molar-refractivity contribution >= 4 is 22.7 Å². The zero-order chi connectivity index (χ0) is 17.8. The van der Waals surface area contributed by atoms with Crippen molar-refractivity contribution in [3.8, 4) is 0 Å². The number of carbonyl (C=O) groups excluding carboxylic acids is 2. The van der Waals surface area contributed by atoms with Crippen molar-refractivity contribution in [3.05, 3.63) is 46.2 Å². The van der Waals surface area contributed by atoms with Crippen molar-refractivity contribution in [1.29, 1.82) is 0 Å². The number of likely N-dealkylation sites (tertiary alicyclic amines) is 1. The summed E-state index contributed by atoms with van der Waals surface area (Å²) in [7, 11) is 0. The number of pyridine rings is 1. The molecule has 7 nitrogen and oxygen atoms in total. The van der Waals surface area contributed by atoms with Gasteiger partial charge in [-0.3, -0.25) is 19.3 Å². The van der Waals surface area contributed by atoms with Crippen LogP contribution in [0, 0.1) is 0 Å². The molecule has 1 aliphatic rings. The van der Waals surface area contributed by atoms with Crippen LogP contribution < -0.4 is 16.6 Å². The zero-order valence-electron chi connectivity index (χ0n) is 14.0. The van der Waals surface area contributed by atoms with Crippen molar-refractivity contribution in [2.75, 3.05) is 19.6 Å². The predicted octanol–water partition coefficient (Wildman–Crippen LogP) is 0.137. The number of piperidine rings is 1. The number of nitrogens with one attached hydrogen (secondary N) is 2. The van der Waals surface area contributed by atoms with E-state index >= 15 is 0 Å². The van der Waals surface area contributed by atoms with Crippen LogP contribution in [0.15, 0.2) is 35.1 Å². The molecule has 0 radical (unpaired) electrons. The quantitative estimate of drug-likeness (QED) is 0.718. The molecular weight excluding hydrogens is 320 g/mol. The van der Waals surface area contributed by atoms with Crippen LogP contribution in [-0.2, 0) is 16.0 Å². The van der Waals surface area contributed by atoms with E-state index in [1.54, 1.807) is 6.07 Å². The summed E-state index contributed by atoms with van der Waals surface area (Å²) in [6, 6.07) is 9.32. The number of hydrogen-bond acceptors (Lipinski definition) is 4. The van der Waals surface area contributed by atoms with Crippen molar-refractivity contribution < 1.29 is 9.59 Å². The molecule has 3 rings (SSSR count). The number of carbonyl (C=O) groups is 2. The van der Waals surface area contributed by atoms with Gasteiger partial charge < -0.3 is 16.0 Å². The van der Waals surface area contributed by atoms with Crippen LogP contribution in [0.3, 0.4) is 0 Å². The predicted molar refractivity (Wildman–Crippen MR) is 95.1 cm³/mol. The summed E-state index contributed by atoms with van der Waals surface area (Å²) in [5.41, 5.74) is 6.19. The van der Waals surface area contributed by atoms with Gasteiger partial charge in [0.05, 0.1) is 13.0 Å². The molecule has 0 aliphatic carbocycles. The number of nitrogens with zero attached hydrogens (tertiary/aromatic N) is 1. The van der Waals surface area contributed by atoms with E-state index in [9.17, 15) is 14.4 Å². The Morgan fingerprint density at radius 2 is 1.96 bits per heavy atom. The van der Waals surface area contributed by atoms with Crippen molar-refractivity contribution in [3.63, 3.8) is 0 Å². The average molecular weight is 342 g/mol. The first kappa shape index (κ1) is 17.2. The average Bonchev–Trinajstić information content (AvgIpc) is 2.57. The molecule has 25 heavy (non-hydrogen) atoms. The normalized spacial score (nSPS) is 16.0. The number of aromatic nitrogens is 1. The van der Waals surface area contributed by atoms with Gasteiger partial charge in [0.25, 0.3) is 5.56 Å². The largest absolute Gasteiger partial charge is 0.369 e. The molecule has 2 aromatic rings. The van der Waals surface area contributed by atoms with E-state index in [0.717, 1.165) is 36.8 Å². The Morgan fingerprint density at radius 3 is 2.68 bits per heavy atom. The molecule has 0 spiro atoms. The molecule has 2 amide bonds. The summed E-state index contributed by atoms with van der Waals surface area (Å²) in [4.78, 5) is 40.1. The van der Waals surface area contributed by atoms with E-state index in [-0.39, 0.29) is 36.4 Å². The highest BCUT2D eigenvalue weighted by Crippen LogP contribution is 2.12. The van der Waals surface area contributed by atoms with Crippen LogP contribution in [0.5, 0.6) is 0 Å². The highest BCUT2D eigenvalue weighted by Gasteiger charge is 2.21. The number of para-hydroxylation sites is 1. The summed E-state index contributed by atoms with van der Waals surface area (Å²) in [6.07, 6.45) is 1.60. The minimum Gasteiger partial charge on any atom is -0.369 e. The molecule has 1 aromatic heterocycles. The lowest BCUT2D eigenvalue weighted by atomic mass is 10.0. The van der Waals surface area contributed by atoms with Gasteiger partial charge in [-0.25, -0.2) is 0 Å². The van der Waals surface area contributed by atoms with Gasteiger partial charge in [-0.2, -0.15) is 0 Å². The lowest BCUT2D eigenvalue weighted by Crippen LogP contribution is -2.47. The number of nitrogens with two attached hydrogens (primary N) is 1. The first-order valence-corrected chi connectivity index (χ1v) is 8.42. The summed E-state index contributed by atoms with van der Waals surface area (Å²) in [5.74, 6) is -0.493. The smallest absolute Gasteiger partial charge is 0.252 e. The maximum atomic E-state index is 12.3. The molecule has 1 fully saturated rings. The molecule has 2 heterocycles. The standard InChI is InChI=1S/C18H22N4O3/c19-16(23)11-22-7-5-14(6-8-22)20-17(24)10-13-9-12-3-1-2-4-15(12)21-18(13)25/h1-4,9,14H,5-8,10-11H2,(H2,19,23)(H,20,24)(H,21,25). The fourth-order valence-electron chi connectivity index (χ4n) is 3.23. The Balaban J connectivity index is 1.57. The minimum atomic E-state index is -0.335. The Bertz CT molecular complexity index is 838. The number of H-pyrrole nitrogens is 1. The zero-order valence-corrected chi connectivity index (χ0v) is 14.0. The van der Waals surface area contributed by atoms with Gasteiger partial charge in [0.15, 0.2) is 0 Å². The van der Waals surface area contributed by atoms with Crippen LogP contribution >= 0.6 is 0 Å². The number of rotatable bonds is 5. The second-order valence-electron chi connectivity index (χ2n) is 6.47. The summed E-state index contributed by atoms with van der Waals surface area (Å²) in [5, 5.41) is 3.89. The van der Waals surface area contributed by atoms with Gasteiger partial charge in [-0.1, -0.05) is 18.2 Å². The third kappa shape index (κ3) is 4.45. The van der Waals surface area contributed by atoms with E-state index in [0.29, 0.717) is 5.56 Å². The topological polar surface area (TPSA) is 108 Å². The van der Waals surface area contributed by atoms with Crippen LogP contribution in [0.4, 0.5) is 0 Å². The Hall–Kier alpha value is -2.67. The molecule has 4 N–H and O–H groups in total. The molecule has 0 unspecified atom stereocenters. The Kier molecular flexibility index (Phi) is 5.14.